The van der Waals surface area contributed by atoms with Gasteiger partial charge in [0.15, 0.2) is 0 Å². The Balaban J connectivity index is 2.20. The van der Waals surface area contributed by atoms with E-state index >= 15 is 0 Å². The van der Waals surface area contributed by atoms with Gasteiger partial charge >= 0.3 is 11.9 Å². The van der Waals surface area contributed by atoms with Crippen molar-refractivity contribution < 1.29 is 14.3 Å². The molecule has 1 heterocycles. The molecule has 1 saturated carbocycles. The number of carbonyl (C=O) groups is 2. The fraction of sp³-hybridized carbons (Fsp3) is 0.556. The molecule has 2 aliphatic carbocycles. The maximum Gasteiger partial charge on any atom is 0.321 e. The van der Waals surface area contributed by atoms with Gasteiger partial charge in [-0.25, -0.2) is 0 Å². The first-order valence-electron chi connectivity index (χ1n) is 4.19. The minimum atomic E-state index is -0.452. The lowest BCUT2D eigenvalue weighted by Crippen LogP contribution is -2.26. The van der Waals surface area contributed by atoms with Crippen LogP contribution in [0.5, 0.6) is 0 Å². The van der Waals surface area contributed by atoms with Gasteiger partial charge in [0.2, 0.25) is 0 Å². The average Bonchev–Trinajstić information content (AvgIpc) is 2.63. The molecule has 3 heteroatoms. The predicted octanol–water partition coefficient (Wildman–Crippen LogP) is 0.796. The number of hydrogen-bond donors (Lipinski definition) is 0. The number of allylic oxidation sites excluding steroid dienone is 1. The van der Waals surface area contributed by atoms with Crippen molar-refractivity contribution in [2.24, 2.45) is 11.3 Å². The van der Waals surface area contributed by atoms with Crippen molar-refractivity contribution in [3.8, 4) is 0 Å². The molecule has 3 rings (SSSR count). The van der Waals surface area contributed by atoms with Crippen LogP contribution in [0.4, 0.5) is 0 Å². The van der Waals surface area contributed by atoms with Crippen molar-refractivity contribution in [2.45, 2.75) is 19.3 Å². The molecule has 2 atom stereocenters. The molecule has 0 N–H and O–H groups in total. The molecule has 0 aromatic carbocycles. The Bertz CT molecular complexity index is 329. The standard InChI is InChI=1S/C9H8O3/c10-7-6-5-1-3-9(6,4-2-5)8(11)12-7/h1,6H,2-4H2. The van der Waals surface area contributed by atoms with Crippen molar-refractivity contribution in [1.82, 2.24) is 0 Å². The number of ether oxygens (including phenoxy) is 1. The predicted molar refractivity (Wildman–Crippen MR) is 39.0 cm³/mol. The average molecular weight is 164 g/mol. The van der Waals surface area contributed by atoms with E-state index in [1.54, 1.807) is 0 Å². The van der Waals surface area contributed by atoms with E-state index in [2.05, 4.69) is 4.74 Å². The molecule has 1 saturated heterocycles. The van der Waals surface area contributed by atoms with Gasteiger partial charge in [-0.3, -0.25) is 9.59 Å². The summed E-state index contributed by atoms with van der Waals surface area (Å²) in [4.78, 5) is 22.6. The Kier molecular flexibility index (Phi) is 0.868. The summed E-state index contributed by atoms with van der Waals surface area (Å²) in [5.74, 6) is -0.813. The van der Waals surface area contributed by atoms with E-state index in [-0.39, 0.29) is 17.9 Å². The van der Waals surface area contributed by atoms with Crippen LogP contribution in [0.3, 0.4) is 0 Å². The maximum atomic E-state index is 11.4. The molecule has 2 unspecified atom stereocenters. The summed E-state index contributed by atoms with van der Waals surface area (Å²) in [6.45, 7) is 0. The smallest absolute Gasteiger partial charge is 0.321 e. The van der Waals surface area contributed by atoms with Gasteiger partial charge in [0.05, 0.1) is 11.3 Å². The summed E-state index contributed by atoms with van der Waals surface area (Å²) in [7, 11) is 0. The normalized spacial score (nSPS) is 43.0. The van der Waals surface area contributed by atoms with Crippen molar-refractivity contribution in [3.05, 3.63) is 11.6 Å². The van der Waals surface area contributed by atoms with Gasteiger partial charge in [-0.2, -0.15) is 0 Å². The minimum absolute atomic E-state index is 0.204. The maximum absolute atomic E-state index is 11.4. The van der Waals surface area contributed by atoms with E-state index in [1.165, 1.54) is 0 Å². The van der Waals surface area contributed by atoms with Gasteiger partial charge in [0, 0.05) is 0 Å². The van der Waals surface area contributed by atoms with E-state index in [9.17, 15) is 9.59 Å². The first-order chi connectivity index (χ1) is 5.74. The Morgan fingerprint density at radius 1 is 1.50 bits per heavy atom. The molecule has 62 valence electrons. The van der Waals surface area contributed by atoms with Crippen LogP contribution in [0.2, 0.25) is 0 Å². The quantitative estimate of drug-likeness (QED) is 0.302. The summed E-state index contributed by atoms with van der Waals surface area (Å²) in [5, 5.41) is 0. The van der Waals surface area contributed by atoms with Gasteiger partial charge < -0.3 is 4.74 Å². The van der Waals surface area contributed by atoms with Gasteiger partial charge in [-0.05, 0) is 19.3 Å². The third-order valence-corrected chi connectivity index (χ3v) is 3.35. The minimum Gasteiger partial charge on any atom is -0.392 e. The molecule has 0 aromatic heterocycles. The second kappa shape index (κ2) is 1.63. The highest BCUT2D eigenvalue weighted by Crippen LogP contribution is 2.58. The highest BCUT2D eigenvalue weighted by Gasteiger charge is 2.64. The Labute approximate surface area is 69.4 Å². The summed E-state index contributed by atoms with van der Waals surface area (Å²) < 4.78 is 4.63. The van der Waals surface area contributed by atoms with Crippen LogP contribution < -0.4 is 0 Å². The molecule has 3 aliphatic rings. The molecule has 0 spiro atoms. The monoisotopic (exact) mass is 164 g/mol. The molecule has 2 bridgehead atoms. The zero-order valence-corrected chi connectivity index (χ0v) is 6.50. The molecule has 3 nitrogen and oxygen atoms in total. The summed E-state index contributed by atoms with van der Waals surface area (Å²) in [6.07, 6.45) is 4.48. The summed E-state index contributed by atoms with van der Waals surface area (Å²) >= 11 is 0. The highest BCUT2D eigenvalue weighted by atomic mass is 16.6. The Morgan fingerprint density at radius 2 is 2.33 bits per heavy atom. The van der Waals surface area contributed by atoms with E-state index in [1.807, 2.05) is 6.08 Å². The Hall–Kier alpha value is -1.12. The van der Waals surface area contributed by atoms with Crippen molar-refractivity contribution >= 4 is 11.9 Å². The first-order valence-corrected chi connectivity index (χ1v) is 4.19. The van der Waals surface area contributed by atoms with Crippen LogP contribution in [0.15, 0.2) is 11.6 Å². The molecule has 2 fully saturated rings. The van der Waals surface area contributed by atoms with Crippen LogP contribution in [-0.4, -0.2) is 11.9 Å². The van der Waals surface area contributed by atoms with Crippen LogP contribution in [0, 0.1) is 11.3 Å². The van der Waals surface area contributed by atoms with Gasteiger partial charge in [-0.1, -0.05) is 11.6 Å². The lowest BCUT2D eigenvalue weighted by atomic mass is 9.80. The molecule has 12 heavy (non-hydrogen) atoms. The topological polar surface area (TPSA) is 43.4 Å². The molecule has 0 radical (unpaired) electrons. The van der Waals surface area contributed by atoms with Gasteiger partial charge in [0.25, 0.3) is 0 Å². The van der Waals surface area contributed by atoms with Gasteiger partial charge in [0.1, 0.15) is 0 Å². The molecular weight excluding hydrogens is 156 g/mol. The number of hydrogen-bond acceptors (Lipinski definition) is 3. The van der Waals surface area contributed by atoms with Gasteiger partial charge in [-0.15, -0.1) is 0 Å². The van der Waals surface area contributed by atoms with E-state index in [4.69, 9.17) is 0 Å². The van der Waals surface area contributed by atoms with Crippen molar-refractivity contribution in [1.29, 1.82) is 0 Å². The first kappa shape index (κ1) is 6.40. The number of esters is 2. The second-order valence-electron chi connectivity index (χ2n) is 3.78. The van der Waals surface area contributed by atoms with E-state index in [0.717, 1.165) is 24.8 Å². The molecule has 0 amide bonds. The second-order valence-corrected chi connectivity index (χ2v) is 3.78. The van der Waals surface area contributed by atoms with Crippen LogP contribution in [0.25, 0.3) is 0 Å². The number of rotatable bonds is 0. The number of carbonyl (C=O) groups excluding carboxylic acids is 2. The summed E-state index contributed by atoms with van der Waals surface area (Å²) in [6, 6.07) is 0. The molecule has 0 aromatic rings. The van der Waals surface area contributed by atoms with Crippen LogP contribution in [-0.2, 0) is 14.3 Å². The number of cyclic esters (lactones) is 2. The lowest BCUT2D eigenvalue weighted by Gasteiger charge is -2.16. The van der Waals surface area contributed by atoms with Crippen LogP contribution in [0.1, 0.15) is 19.3 Å². The molecule has 1 aliphatic heterocycles. The largest absolute Gasteiger partial charge is 0.392 e. The third kappa shape index (κ3) is 0.453. The fourth-order valence-corrected chi connectivity index (χ4v) is 2.70. The zero-order chi connectivity index (χ0) is 8.34. The van der Waals surface area contributed by atoms with E-state index < -0.39 is 5.41 Å². The zero-order valence-electron chi connectivity index (χ0n) is 6.50. The van der Waals surface area contributed by atoms with Crippen LogP contribution >= 0.6 is 0 Å². The molecular formula is C9H8O3. The van der Waals surface area contributed by atoms with Crippen molar-refractivity contribution in [2.75, 3.05) is 0 Å². The SMILES string of the molecule is O=C1OC(=O)C23CC=C(CC2)C13. The Morgan fingerprint density at radius 3 is 2.92 bits per heavy atom. The fourth-order valence-electron chi connectivity index (χ4n) is 2.70. The lowest BCUT2D eigenvalue weighted by molar-refractivity contribution is -0.155. The highest BCUT2D eigenvalue weighted by molar-refractivity contribution is 6.02. The third-order valence-electron chi connectivity index (χ3n) is 3.35. The summed E-state index contributed by atoms with van der Waals surface area (Å²) in [5.41, 5.74) is 0.678. The van der Waals surface area contributed by atoms with Crippen molar-refractivity contribution in [3.63, 3.8) is 0 Å². The van der Waals surface area contributed by atoms with E-state index in [0.29, 0.717) is 0 Å².